The molecule has 25 heavy (non-hydrogen) atoms. The highest BCUT2D eigenvalue weighted by molar-refractivity contribution is 7.07. The average Bonchev–Trinajstić information content (AvgIpc) is 2.92. The van der Waals surface area contributed by atoms with Crippen LogP contribution in [0.4, 0.5) is 5.69 Å². The molecule has 1 aromatic heterocycles. The van der Waals surface area contributed by atoms with Gasteiger partial charge in [-0.2, -0.15) is 0 Å². The van der Waals surface area contributed by atoms with E-state index in [0.29, 0.717) is 21.4 Å². The zero-order valence-corrected chi connectivity index (χ0v) is 15.6. The first-order chi connectivity index (χ1) is 11.9. The van der Waals surface area contributed by atoms with Crippen molar-refractivity contribution in [1.82, 2.24) is 4.57 Å². The third-order valence-corrected chi connectivity index (χ3v) is 4.95. The van der Waals surface area contributed by atoms with E-state index in [1.54, 1.807) is 23.6 Å². The lowest BCUT2D eigenvalue weighted by Crippen LogP contribution is -2.25. The molecule has 0 aliphatic heterocycles. The summed E-state index contributed by atoms with van der Waals surface area (Å²) in [5.74, 6) is -0.335. The summed E-state index contributed by atoms with van der Waals surface area (Å²) in [4.78, 5) is 24.3. The minimum atomic E-state index is -0.335. The summed E-state index contributed by atoms with van der Waals surface area (Å²) in [5.41, 5.74) is 3.19. The van der Waals surface area contributed by atoms with Gasteiger partial charge in [0.05, 0.1) is 16.4 Å². The van der Waals surface area contributed by atoms with Crippen LogP contribution in [0.2, 0.25) is 10.0 Å². The van der Waals surface area contributed by atoms with E-state index in [-0.39, 0.29) is 17.3 Å². The topological polar surface area (TPSA) is 51.1 Å². The van der Waals surface area contributed by atoms with Gasteiger partial charge < -0.3 is 5.32 Å². The van der Waals surface area contributed by atoms with Crippen LogP contribution in [-0.4, -0.2) is 10.5 Å². The Morgan fingerprint density at radius 1 is 1.16 bits per heavy atom. The monoisotopic (exact) mass is 392 g/mol. The zero-order valence-electron chi connectivity index (χ0n) is 13.3. The molecule has 1 heterocycles. The molecule has 4 nitrogen and oxygen atoms in total. The molecule has 0 fully saturated rings. The molecule has 0 saturated carbocycles. The standard InChI is InChI=1S/C18H14Cl2N2O2S/c1-11-2-4-12(5-3-11)16-10-25-18(24)22(16)9-17(23)21-15-7-6-13(19)8-14(15)20/h2-8,10H,9H2,1H3,(H,21,23). The maximum absolute atomic E-state index is 12.3. The number of hydrogen-bond donors (Lipinski definition) is 1. The zero-order chi connectivity index (χ0) is 18.0. The van der Waals surface area contributed by atoms with Gasteiger partial charge in [-0.15, -0.1) is 0 Å². The molecule has 2 aromatic carbocycles. The number of hydrogen-bond acceptors (Lipinski definition) is 3. The SMILES string of the molecule is Cc1ccc(-c2csc(=O)n2CC(=O)Nc2ccc(Cl)cc2Cl)cc1. The Hall–Kier alpha value is -2.08. The normalized spacial score (nSPS) is 10.7. The number of aryl methyl sites for hydroxylation is 1. The number of thiazole rings is 1. The van der Waals surface area contributed by atoms with Crippen LogP contribution < -0.4 is 10.2 Å². The third-order valence-electron chi connectivity index (χ3n) is 3.64. The Morgan fingerprint density at radius 3 is 2.56 bits per heavy atom. The number of aromatic nitrogens is 1. The Labute approximate surface area is 158 Å². The molecule has 1 N–H and O–H groups in total. The molecule has 0 spiro atoms. The van der Waals surface area contributed by atoms with E-state index >= 15 is 0 Å². The fourth-order valence-corrected chi connectivity index (χ4v) is 3.58. The van der Waals surface area contributed by atoms with Gasteiger partial charge in [-0.25, -0.2) is 0 Å². The summed E-state index contributed by atoms with van der Waals surface area (Å²) in [5, 5.41) is 5.30. The van der Waals surface area contributed by atoms with Gasteiger partial charge in [0.2, 0.25) is 5.91 Å². The van der Waals surface area contributed by atoms with Crippen LogP contribution in [0.25, 0.3) is 11.3 Å². The smallest absolute Gasteiger partial charge is 0.308 e. The van der Waals surface area contributed by atoms with Crippen LogP contribution in [-0.2, 0) is 11.3 Å². The highest BCUT2D eigenvalue weighted by Crippen LogP contribution is 2.25. The summed E-state index contributed by atoms with van der Waals surface area (Å²) >= 11 is 13.0. The van der Waals surface area contributed by atoms with E-state index in [1.165, 1.54) is 4.57 Å². The Morgan fingerprint density at radius 2 is 1.88 bits per heavy atom. The molecule has 0 saturated heterocycles. The molecule has 0 bridgehead atoms. The predicted octanol–water partition coefficient (Wildman–Crippen LogP) is 4.83. The predicted molar refractivity (Wildman–Crippen MR) is 104 cm³/mol. The number of nitrogens with zero attached hydrogens (tertiary/aromatic N) is 1. The number of carbonyl (C=O) groups excluding carboxylic acids is 1. The van der Waals surface area contributed by atoms with Crippen molar-refractivity contribution < 1.29 is 4.79 Å². The van der Waals surface area contributed by atoms with Crippen molar-refractivity contribution in [3.05, 3.63) is 73.1 Å². The maximum atomic E-state index is 12.3. The number of anilines is 1. The van der Waals surface area contributed by atoms with E-state index < -0.39 is 0 Å². The van der Waals surface area contributed by atoms with Gasteiger partial charge in [0, 0.05) is 10.4 Å². The van der Waals surface area contributed by atoms with E-state index in [1.807, 2.05) is 31.2 Å². The van der Waals surface area contributed by atoms with Gasteiger partial charge in [-0.3, -0.25) is 14.2 Å². The molecule has 0 aliphatic rings. The molecule has 7 heteroatoms. The molecule has 3 rings (SSSR count). The molecule has 0 unspecified atom stereocenters. The van der Waals surface area contributed by atoms with Gasteiger partial charge in [-0.05, 0) is 30.7 Å². The first-order valence-corrected chi connectivity index (χ1v) is 9.08. The van der Waals surface area contributed by atoms with Crippen molar-refractivity contribution in [2.45, 2.75) is 13.5 Å². The first-order valence-electron chi connectivity index (χ1n) is 7.44. The van der Waals surface area contributed by atoms with Crippen molar-refractivity contribution in [2.75, 3.05) is 5.32 Å². The summed E-state index contributed by atoms with van der Waals surface area (Å²) in [6.07, 6.45) is 0. The highest BCUT2D eigenvalue weighted by Gasteiger charge is 2.14. The van der Waals surface area contributed by atoms with Crippen LogP contribution in [0.1, 0.15) is 5.56 Å². The largest absolute Gasteiger partial charge is 0.323 e. The lowest BCUT2D eigenvalue weighted by atomic mass is 10.1. The van der Waals surface area contributed by atoms with Crippen molar-refractivity contribution in [1.29, 1.82) is 0 Å². The number of nitrogens with one attached hydrogen (secondary N) is 1. The number of halogens is 2. The van der Waals surface area contributed by atoms with Crippen molar-refractivity contribution in [3.63, 3.8) is 0 Å². The fourth-order valence-electron chi connectivity index (χ4n) is 2.35. The van der Waals surface area contributed by atoms with Gasteiger partial charge in [0.1, 0.15) is 6.54 Å². The third kappa shape index (κ3) is 4.12. The molecule has 128 valence electrons. The van der Waals surface area contributed by atoms with Crippen LogP contribution in [0.15, 0.2) is 52.6 Å². The second-order valence-electron chi connectivity index (χ2n) is 5.51. The molecule has 0 aliphatic carbocycles. The summed E-state index contributed by atoms with van der Waals surface area (Å²) in [6, 6.07) is 12.6. The minimum Gasteiger partial charge on any atom is -0.323 e. The molecule has 0 radical (unpaired) electrons. The highest BCUT2D eigenvalue weighted by atomic mass is 35.5. The molecule has 3 aromatic rings. The minimum absolute atomic E-state index is 0.0928. The van der Waals surface area contributed by atoms with Crippen LogP contribution in [0.3, 0.4) is 0 Å². The van der Waals surface area contributed by atoms with Crippen molar-refractivity contribution in [2.24, 2.45) is 0 Å². The number of benzene rings is 2. The Bertz CT molecular complexity index is 977. The molecule has 1 amide bonds. The van der Waals surface area contributed by atoms with E-state index in [0.717, 1.165) is 22.5 Å². The van der Waals surface area contributed by atoms with Gasteiger partial charge in [0.15, 0.2) is 0 Å². The maximum Gasteiger partial charge on any atom is 0.308 e. The molecular weight excluding hydrogens is 379 g/mol. The van der Waals surface area contributed by atoms with E-state index in [4.69, 9.17) is 23.2 Å². The lowest BCUT2D eigenvalue weighted by Gasteiger charge is -2.10. The molecule has 0 atom stereocenters. The van der Waals surface area contributed by atoms with Gasteiger partial charge in [-0.1, -0.05) is 64.4 Å². The van der Waals surface area contributed by atoms with E-state index in [2.05, 4.69) is 5.32 Å². The van der Waals surface area contributed by atoms with Crippen LogP contribution >= 0.6 is 34.5 Å². The summed E-state index contributed by atoms with van der Waals surface area (Å²) in [6.45, 7) is 1.90. The second kappa shape index (κ2) is 7.44. The van der Waals surface area contributed by atoms with E-state index in [9.17, 15) is 9.59 Å². The second-order valence-corrected chi connectivity index (χ2v) is 7.18. The lowest BCUT2D eigenvalue weighted by molar-refractivity contribution is -0.116. The Kier molecular flexibility index (Phi) is 5.27. The number of carbonyl (C=O) groups is 1. The summed E-state index contributed by atoms with van der Waals surface area (Å²) in [7, 11) is 0. The first kappa shape index (κ1) is 17.7. The van der Waals surface area contributed by atoms with Crippen molar-refractivity contribution >= 4 is 46.1 Å². The van der Waals surface area contributed by atoms with Crippen LogP contribution in [0.5, 0.6) is 0 Å². The Balaban J connectivity index is 1.83. The quantitative estimate of drug-likeness (QED) is 0.690. The summed E-state index contributed by atoms with van der Waals surface area (Å²) < 4.78 is 1.45. The number of rotatable bonds is 4. The fraction of sp³-hybridized carbons (Fsp3) is 0.111. The van der Waals surface area contributed by atoms with Gasteiger partial charge in [0.25, 0.3) is 0 Å². The van der Waals surface area contributed by atoms with Crippen molar-refractivity contribution in [3.8, 4) is 11.3 Å². The molecular formula is C18H14Cl2N2O2S. The van der Waals surface area contributed by atoms with Gasteiger partial charge >= 0.3 is 4.87 Å². The average molecular weight is 393 g/mol. The van der Waals surface area contributed by atoms with Crippen LogP contribution in [0, 0.1) is 6.92 Å². The number of amides is 1.